The van der Waals surface area contributed by atoms with Gasteiger partial charge in [0.15, 0.2) is 11.5 Å². The third-order valence-electron chi connectivity index (χ3n) is 3.61. The number of fused-ring (bicyclic) bond motifs is 1. The molecule has 1 heterocycles. The quantitative estimate of drug-likeness (QED) is 0.802. The van der Waals surface area contributed by atoms with Gasteiger partial charge in [-0.15, -0.1) is 0 Å². The molecular formula is C19H17F2NO4. The van der Waals surface area contributed by atoms with Gasteiger partial charge in [-0.3, -0.25) is 4.79 Å². The fraction of sp³-hybridized carbons (Fsp3) is 0.211. The Labute approximate surface area is 149 Å². The minimum absolute atomic E-state index is 0.0696. The number of alkyl halides is 2. The average Bonchev–Trinajstić information content (AvgIpc) is 2.65. The number of amides is 1. The van der Waals surface area contributed by atoms with E-state index in [1.54, 1.807) is 18.2 Å². The molecule has 0 saturated heterocycles. The summed E-state index contributed by atoms with van der Waals surface area (Å²) in [5.74, 6) is 1.17. The van der Waals surface area contributed by atoms with Crippen molar-refractivity contribution in [3.8, 4) is 17.2 Å². The second kappa shape index (κ2) is 8.33. The summed E-state index contributed by atoms with van der Waals surface area (Å²) >= 11 is 0. The van der Waals surface area contributed by atoms with Gasteiger partial charge in [0.05, 0.1) is 0 Å². The fourth-order valence-electron chi connectivity index (χ4n) is 2.38. The Hall–Kier alpha value is -3.09. The van der Waals surface area contributed by atoms with Crippen molar-refractivity contribution in [1.82, 2.24) is 5.32 Å². The lowest BCUT2D eigenvalue weighted by Gasteiger charge is -2.18. The highest BCUT2D eigenvalue weighted by Crippen LogP contribution is 2.30. The molecule has 0 aromatic heterocycles. The van der Waals surface area contributed by atoms with Gasteiger partial charge in [0.2, 0.25) is 5.91 Å². The van der Waals surface area contributed by atoms with Crippen LogP contribution in [0.1, 0.15) is 11.1 Å². The van der Waals surface area contributed by atoms with Crippen molar-refractivity contribution in [1.29, 1.82) is 0 Å². The van der Waals surface area contributed by atoms with E-state index in [2.05, 4.69) is 10.1 Å². The lowest BCUT2D eigenvalue weighted by atomic mass is 10.2. The lowest BCUT2D eigenvalue weighted by Crippen LogP contribution is -2.20. The summed E-state index contributed by atoms with van der Waals surface area (Å²) in [6.45, 7) is -1.47. The average molecular weight is 361 g/mol. The van der Waals surface area contributed by atoms with Crippen LogP contribution in [0, 0.1) is 0 Å². The Morgan fingerprint density at radius 3 is 2.58 bits per heavy atom. The van der Waals surface area contributed by atoms with Crippen LogP contribution in [-0.2, 0) is 11.3 Å². The van der Waals surface area contributed by atoms with Crippen molar-refractivity contribution in [3.05, 3.63) is 59.7 Å². The summed E-state index contributed by atoms with van der Waals surface area (Å²) < 4.78 is 39.4. The van der Waals surface area contributed by atoms with Crippen molar-refractivity contribution in [2.45, 2.75) is 13.2 Å². The molecule has 1 N–H and O–H groups in total. The first kappa shape index (κ1) is 17.7. The van der Waals surface area contributed by atoms with Gasteiger partial charge >= 0.3 is 6.61 Å². The van der Waals surface area contributed by atoms with E-state index in [0.717, 1.165) is 5.56 Å². The monoisotopic (exact) mass is 361 g/mol. The third kappa shape index (κ3) is 4.95. The number of ether oxygens (including phenoxy) is 3. The van der Waals surface area contributed by atoms with E-state index >= 15 is 0 Å². The first-order valence-electron chi connectivity index (χ1n) is 7.99. The van der Waals surface area contributed by atoms with Gasteiger partial charge in [0.1, 0.15) is 19.0 Å². The number of rotatable bonds is 6. The van der Waals surface area contributed by atoms with Crippen molar-refractivity contribution >= 4 is 12.0 Å². The highest BCUT2D eigenvalue weighted by molar-refractivity contribution is 5.91. The first-order valence-corrected chi connectivity index (χ1v) is 7.99. The smallest absolute Gasteiger partial charge is 0.387 e. The molecule has 5 nitrogen and oxygen atoms in total. The molecule has 1 aliphatic heterocycles. The van der Waals surface area contributed by atoms with Crippen molar-refractivity contribution in [3.63, 3.8) is 0 Å². The van der Waals surface area contributed by atoms with Crippen molar-refractivity contribution in [2.24, 2.45) is 0 Å². The maximum atomic E-state index is 12.1. The van der Waals surface area contributed by atoms with Crippen LogP contribution in [0.5, 0.6) is 17.2 Å². The second-order valence-corrected chi connectivity index (χ2v) is 5.48. The highest BCUT2D eigenvalue weighted by Gasteiger charge is 2.11. The summed E-state index contributed by atoms with van der Waals surface area (Å²) in [5.41, 5.74) is 1.59. The largest absolute Gasteiger partial charge is 0.486 e. The number of hydrogen-bond donors (Lipinski definition) is 1. The topological polar surface area (TPSA) is 56.8 Å². The van der Waals surface area contributed by atoms with Gasteiger partial charge in [-0.1, -0.05) is 18.2 Å². The minimum atomic E-state index is -2.86. The van der Waals surface area contributed by atoms with Gasteiger partial charge in [-0.25, -0.2) is 0 Å². The molecule has 0 aliphatic carbocycles. The zero-order chi connectivity index (χ0) is 18.4. The molecule has 2 aromatic rings. The molecule has 26 heavy (non-hydrogen) atoms. The Morgan fingerprint density at radius 2 is 1.85 bits per heavy atom. The van der Waals surface area contributed by atoms with E-state index in [4.69, 9.17) is 9.47 Å². The van der Waals surface area contributed by atoms with Gasteiger partial charge in [0, 0.05) is 12.6 Å². The number of carbonyl (C=O) groups excluding carboxylic acids is 1. The maximum absolute atomic E-state index is 12.1. The Kier molecular flexibility index (Phi) is 5.68. The molecule has 136 valence electrons. The van der Waals surface area contributed by atoms with E-state index in [0.29, 0.717) is 36.8 Å². The Balaban J connectivity index is 1.51. The summed E-state index contributed by atoms with van der Waals surface area (Å²) in [4.78, 5) is 11.9. The van der Waals surface area contributed by atoms with Crippen LogP contribution in [0.4, 0.5) is 8.78 Å². The van der Waals surface area contributed by atoms with Crippen LogP contribution in [-0.4, -0.2) is 25.7 Å². The number of hydrogen-bond acceptors (Lipinski definition) is 4. The molecule has 3 rings (SSSR count). The molecule has 0 unspecified atom stereocenters. The second-order valence-electron chi connectivity index (χ2n) is 5.48. The number of nitrogens with one attached hydrogen (secondary N) is 1. The Bertz CT molecular complexity index is 791. The predicted octanol–water partition coefficient (Wildman–Crippen LogP) is 3.39. The fourth-order valence-corrected chi connectivity index (χ4v) is 2.38. The molecule has 0 spiro atoms. The minimum Gasteiger partial charge on any atom is -0.486 e. The molecule has 2 aromatic carbocycles. The molecule has 0 fully saturated rings. The number of carbonyl (C=O) groups is 1. The van der Waals surface area contributed by atoms with Gasteiger partial charge < -0.3 is 19.5 Å². The van der Waals surface area contributed by atoms with Crippen LogP contribution in [0.25, 0.3) is 6.08 Å². The van der Waals surface area contributed by atoms with Crippen molar-refractivity contribution in [2.75, 3.05) is 13.2 Å². The van der Waals surface area contributed by atoms with Crippen LogP contribution in [0.15, 0.2) is 48.5 Å². The molecule has 7 heteroatoms. The molecule has 1 aliphatic rings. The summed E-state index contributed by atoms with van der Waals surface area (Å²) in [6.07, 6.45) is 2.96. The van der Waals surface area contributed by atoms with Crippen LogP contribution in [0.2, 0.25) is 0 Å². The summed E-state index contributed by atoms with van der Waals surface area (Å²) in [5, 5.41) is 2.77. The molecule has 0 bridgehead atoms. The third-order valence-corrected chi connectivity index (χ3v) is 3.61. The van der Waals surface area contributed by atoms with Gasteiger partial charge in [-0.05, 0) is 41.5 Å². The standard InChI is InChI=1S/C19H17F2NO4/c20-19(21)26-15-5-1-13(2-6-15)4-8-18(23)22-12-14-3-7-16-17(11-14)25-10-9-24-16/h1-8,11,19H,9-10,12H2,(H,22,23)/b8-4+. The zero-order valence-corrected chi connectivity index (χ0v) is 13.8. The molecule has 1 amide bonds. The number of halogens is 2. The van der Waals surface area contributed by atoms with E-state index in [9.17, 15) is 13.6 Å². The zero-order valence-electron chi connectivity index (χ0n) is 13.8. The lowest BCUT2D eigenvalue weighted by molar-refractivity contribution is -0.116. The molecule has 0 radical (unpaired) electrons. The van der Waals surface area contributed by atoms with Crippen molar-refractivity contribution < 1.29 is 27.8 Å². The summed E-state index contributed by atoms with van der Waals surface area (Å²) in [7, 11) is 0. The van der Waals surface area contributed by atoms with E-state index in [1.807, 2.05) is 18.2 Å². The molecule has 0 saturated carbocycles. The SMILES string of the molecule is O=C(/C=C/c1ccc(OC(F)F)cc1)NCc1ccc2c(c1)OCCO2. The molecule has 0 atom stereocenters. The van der Waals surface area contributed by atoms with Gasteiger partial charge in [0.25, 0.3) is 0 Å². The van der Waals surface area contributed by atoms with Crippen LogP contribution >= 0.6 is 0 Å². The Morgan fingerprint density at radius 1 is 1.12 bits per heavy atom. The van der Waals surface area contributed by atoms with Gasteiger partial charge in [-0.2, -0.15) is 8.78 Å². The van der Waals surface area contributed by atoms with E-state index in [-0.39, 0.29) is 11.7 Å². The van der Waals surface area contributed by atoms with Crippen LogP contribution < -0.4 is 19.5 Å². The normalized spacial score (nSPS) is 13.0. The molecular weight excluding hydrogens is 344 g/mol. The first-order chi connectivity index (χ1) is 12.6. The van der Waals surface area contributed by atoms with E-state index in [1.165, 1.54) is 18.2 Å². The number of benzene rings is 2. The van der Waals surface area contributed by atoms with Crippen LogP contribution in [0.3, 0.4) is 0 Å². The maximum Gasteiger partial charge on any atom is 0.387 e. The summed E-state index contributed by atoms with van der Waals surface area (Å²) in [6, 6.07) is 11.5. The highest BCUT2D eigenvalue weighted by atomic mass is 19.3. The van der Waals surface area contributed by atoms with E-state index < -0.39 is 6.61 Å². The predicted molar refractivity (Wildman–Crippen MR) is 91.4 cm³/mol.